The van der Waals surface area contributed by atoms with E-state index in [4.69, 9.17) is 4.74 Å². The number of hydrogen-bond donors (Lipinski definition) is 1. The Morgan fingerprint density at radius 2 is 1.97 bits per heavy atom. The number of carbonyl (C=O) groups is 2. The number of carbonyl (C=O) groups excluding carboxylic acids is 2. The van der Waals surface area contributed by atoms with E-state index >= 15 is 0 Å². The zero-order valence-electron chi connectivity index (χ0n) is 19.3. The molecule has 0 bridgehead atoms. The maximum Gasteiger partial charge on any atom is 0.434 e. The number of allylic oxidation sites excluding steroid dienone is 1. The molecule has 0 radical (unpaired) electrons. The van der Waals surface area contributed by atoms with Crippen LogP contribution in [0.1, 0.15) is 55.8 Å². The van der Waals surface area contributed by atoms with Gasteiger partial charge in [0.05, 0.1) is 24.1 Å². The van der Waals surface area contributed by atoms with Gasteiger partial charge in [-0.15, -0.1) is 0 Å². The van der Waals surface area contributed by atoms with Gasteiger partial charge in [-0.3, -0.25) is 4.79 Å². The molecule has 10 heteroatoms. The smallest absolute Gasteiger partial charge is 0.434 e. The summed E-state index contributed by atoms with van der Waals surface area (Å²) in [5.41, 5.74) is 0.727. The van der Waals surface area contributed by atoms with Gasteiger partial charge >= 0.3 is 12.1 Å². The molecule has 2 aliphatic heterocycles. The minimum absolute atomic E-state index is 0.0300. The third-order valence-corrected chi connectivity index (χ3v) is 6.54. The van der Waals surface area contributed by atoms with Crippen LogP contribution in [0.2, 0.25) is 0 Å². The molecule has 0 spiro atoms. The van der Waals surface area contributed by atoms with Crippen molar-refractivity contribution in [2.45, 2.75) is 71.3 Å². The third kappa shape index (κ3) is 5.01. The van der Waals surface area contributed by atoms with E-state index in [2.05, 4.69) is 10.3 Å². The number of amides is 1. The fraction of sp³-hybridized carbons (Fsp3) is 0.458. The van der Waals surface area contributed by atoms with Crippen molar-refractivity contribution in [2.24, 2.45) is 4.99 Å². The van der Waals surface area contributed by atoms with E-state index < -0.39 is 35.6 Å². The Bertz CT molecular complexity index is 1120. The topological polar surface area (TPSA) is 71.0 Å². The van der Waals surface area contributed by atoms with Crippen molar-refractivity contribution < 1.29 is 27.5 Å². The largest absolute Gasteiger partial charge is 0.459 e. The van der Waals surface area contributed by atoms with E-state index in [1.54, 1.807) is 43.2 Å². The van der Waals surface area contributed by atoms with Gasteiger partial charge in [0.25, 0.3) is 0 Å². The van der Waals surface area contributed by atoms with Crippen LogP contribution in [0.5, 0.6) is 0 Å². The number of nitrogens with zero attached hydrogens (tertiary/aromatic N) is 2. The number of halogens is 3. The first kappa shape index (κ1) is 24.4. The predicted molar refractivity (Wildman–Crippen MR) is 124 cm³/mol. The summed E-state index contributed by atoms with van der Waals surface area (Å²) < 4.78 is 47.8. The van der Waals surface area contributed by atoms with E-state index in [0.29, 0.717) is 16.8 Å². The van der Waals surface area contributed by atoms with Crippen LogP contribution in [0.25, 0.3) is 0 Å². The van der Waals surface area contributed by atoms with Gasteiger partial charge in [-0.25, -0.2) is 9.79 Å². The number of ether oxygens (including phenoxy) is 1. The van der Waals surface area contributed by atoms with Crippen LogP contribution < -0.4 is 5.32 Å². The maximum absolute atomic E-state index is 14.2. The molecule has 1 unspecified atom stereocenters. The Labute approximate surface area is 200 Å². The summed E-state index contributed by atoms with van der Waals surface area (Å²) in [6.45, 7) is 6.77. The molecule has 1 aromatic rings. The summed E-state index contributed by atoms with van der Waals surface area (Å²) in [4.78, 5) is 31.1. The van der Waals surface area contributed by atoms with Gasteiger partial charge in [-0.1, -0.05) is 35.5 Å². The highest BCUT2D eigenvalue weighted by Crippen LogP contribution is 2.48. The number of rotatable bonds is 6. The number of amidine groups is 1. The van der Waals surface area contributed by atoms with Gasteiger partial charge in [0.2, 0.25) is 5.91 Å². The number of nitrogens with one attached hydrogen (secondary N) is 1. The molecule has 6 nitrogen and oxygen atoms in total. The fourth-order valence-corrected chi connectivity index (χ4v) is 4.90. The van der Waals surface area contributed by atoms with E-state index in [9.17, 15) is 22.8 Å². The fourth-order valence-electron chi connectivity index (χ4n) is 3.98. The van der Waals surface area contributed by atoms with E-state index in [-0.39, 0.29) is 23.5 Å². The molecule has 1 atom stereocenters. The molecule has 3 aliphatic rings. The molecule has 0 aromatic heterocycles. The van der Waals surface area contributed by atoms with E-state index in [1.165, 1.54) is 0 Å². The Morgan fingerprint density at radius 1 is 1.26 bits per heavy atom. The molecule has 0 saturated heterocycles. The zero-order valence-corrected chi connectivity index (χ0v) is 20.1. The first-order chi connectivity index (χ1) is 16.0. The lowest BCUT2D eigenvalue weighted by molar-refractivity contribution is -0.145. The third-order valence-electron chi connectivity index (χ3n) is 5.65. The predicted octanol–water partition coefficient (Wildman–Crippen LogP) is 5.04. The molecule has 182 valence electrons. The van der Waals surface area contributed by atoms with Gasteiger partial charge in [-0.2, -0.15) is 13.2 Å². The van der Waals surface area contributed by atoms with Crippen LogP contribution >= 0.6 is 11.8 Å². The molecular weight excluding hydrogens is 467 g/mol. The van der Waals surface area contributed by atoms with Crippen LogP contribution in [0.15, 0.2) is 45.6 Å². The Kier molecular flexibility index (Phi) is 6.54. The first-order valence-electron chi connectivity index (χ1n) is 11.1. The van der Waals surface area contributed by atoms with Gasteiger partial charge in [0.15, 0.2) is 10.9 Å². The normalized spacial score (nSPS) is 20.2. The van der Waals surface area contributed by atoms with Gasteiger partial charge in [0, 0.05) is 11.7 Å². The lowest BCUT2D eigenvalue weighted by Crippen LogP contribution is -2.40. The summed E-state index contributed by atoms with van der Waals surface area (Å²) in [5, 5.41) is 4.62. The molecule has 1 N–H and O–H groups in total. The van der Waals surface area contributed by atoms with Crippen molar-refractivity contribution in [1.82, 2.24) is 10.2 Å². The number of fused-ring (bicyclic) bond motifs is 1. The molecule has 1 fully saturated rings. The van der Waals surface area contributed by atoms with Crippen molar-refractivity contribution in [3.63, 3.8) is 0 Å². The van der Waals surface area contributed by atoms with Crippen molar-refractivity contribution in [2.75, 3.05) is 0 Å². The monoisotopic (exact) mass is 493 g/mol. The highest BCUT2D eigenvalue weighted by Gasteiger charge is 2.49. The van der Waals surface area contributed by atoms with Crippen LogP contribution in [-0.2, 0) is 14.3 Å². The summed E-state index contributed by atoms with van der Waals surface area (Å²) in [5.74, 6) is -1.29. The molecule has 1 amide bonds. The number of aryl methyl sites for hydroxylation is 2. The molecule has 1 aliphatic carbocycles. The number of hydrogen-bond acceptors (Lipinski definition) is 6. The zero-order chi connectivity index (χ0) is 24.8. The lowest BCUT2D eigenvalue weighted by atomic mass is 9.89. The number of alkyl halides is 3. The molecule has 1 saturated carbocycles. The molecular formula is C24H26F3N3O3S. The van der Waals surface area contributed by atoms with Crippen LogP contribution in [-0.4, -0.2) is 40.3 Å². The number of benzene rings is 1. The van der Waals surface area contributed by atoms with Crippen LogP contribution in [0.4, 0.5) is 13.2 Å². The van der Waals surface area contributed by atoms with Gasteiger partial charge < -0.3 is 15.0 Å². The summed E-state index contributed by atoms with van der Waals surface area (Å²) in [6, 6.07) is 4.45. The molecule has 34 heavy (non-hydrogen) atoms. The summed E-state index contributed by atoms with van der Waals surface area (Å²) >= 11 is 1.01. The Morgan fingerprint density at radius 3 is 2.59 bits per heavy atom. The standard InChI is InChI=1S/C24H26F3N3O3S/c1-12(2)33-22(32)19-20(17-9-13(3)5-6-14(17)4)30-16(10-18(31)28-15-7-8-15)11-34-23(30)29-21(19)24(25,26)27/h5-6,9,11-12,15,20H,7-8,10H2,1-4H3,(H,28,31). The molecule has 2 heterocycles. The minimum Gasteiger partial charge on any atom is -0.459 e. The van der Waals surface area contributed by atoms with Gasteiger partial charge in [-0.05, 0) is 57.1 Å². The Hall–Kier alpha value is -2.75. The van der Waals surface area contributed by atoms with Crippen molar-refractivity contribution in [3.05, 3.63) is 57.3 Å². The van der Waals surface area contributed by atoms with E-state index in [1.807, 2.05) is 13.0 Å². The first-order valence-corrected chi connectivity index (χ1v) is 12.0. The maximum atomic E-state index is 14.2. The quantitative estimate of drug-likeness (QED) is 0.562. The molecule has 1 aromatic carbocycles. The highest BCUT2D eigenvalue weighted by molar-refractivity contribution is 8.16. The van der Waals surface area contributed by atoms with Gasteiger partial charge in [0.1, 0.15) is 0 Å². The second-order valence-electron chi connectivity index (χ2n) is 8.99. The average molecular weight is 494 g/mol. The number of esters is 1. The number of aliphatic imine (C=N–C) groups is 1. The minimum atomic E-state index is -4.87. The SMILES string of the molecule is Cc1ccc(C)c(C2C(C(=O)OC(C)C)=C(C(F)(F)F)N=C3SC=C(CC(=O)NC4CC4)N32)c1. The highest BCUT2D eigenvalue weighted by atomic mass is 32.2. The van der Waals surface area contributed by atoms with Crippen molar-refractivity contribution >= 4 is 28.8 Å². The second-order valence-corrected chi connectivity index (χ2v) is 9.82. The van der Waals surface area contributed by atoms with E-state index in [0.717, 1.165) is 30.2 Å². The summed E-state index contributed by atoms with van der Waals surface area (Å²) in [6.07, 6.45) is -3.68. The summed E-state index contributed by atoms with van der Waals surface area (Å²) in [7, 11) is 0. The second kappa shape index (κ2) is 9.13. The van der Waals surface area contributed by atoms with Crippen LogP contribution in [0, 0.1) is 13.8 Å². The average Bonchev–Trinajstić information content (AvgIpc) is 3.45. The lowest BCUT2D eigenvalue weighted by Gasteiger charge is -2.38. The number of thioether (sulfide) groups is 1. The Balaban J connectivity index is 1.86. The van der Waals surface area contributed by atoms with Crippen molar-refractivity contribution in [3.8, 4) is 0 Å². The van der Waals surface area contributed by atoms with Crippen LogP contribution in [0.3, 0.4) is 0 Å². The van der Waals surface area contributed by atoms with Crippen molar-refractivity contribution in [1.29, 1.82) is 0 Å². The molecule has 4 rings (SSSR count).